The maximum absolute atomic E-state index is 12.3. The molecule has 0 fully saturated rings. The first-order valence-corrected chi connectivity index (χ1v) is 10.5. The summed E-state index contributed by atoms with van der Waals surface area (Å²) in [6, 6.07) is 14.4. The first-order valence-electron chi connectivity index (χ1n) is 9.73. The zero-order valence-electron chi connectivity index (χ0n) is 17.7. The fourth-order valence-corrected chi connectivity index (χ4v) is 2.69. The summed E-state index contributed by atoms with van der Waals surface area (Å²) in [5.74, 6) is -0.626. The van der Waals surface area contributed by atoms with Crippen LogP contribution >= 0.6 is 15.9 Å². The predicted octanol–water partition coefficient (Wildman–Crippen LogP) is 4.95. The van der Waals surface area contributed by atoms with Crippen molar-refractivity contribution in [2.45, 2.75) is 32.8 Å². The Bertz CT molecular complexity index is 950. The second-order valence-electron chi connectivity index (χ2n) is 7.65. The maximum atomic E-state index is 12.3. The number of benzene rings is 2. The van der Waals surface area contributed by atoms with Crippen LogP contribution in [0.15, 0.2) is 59.1 Å². The lowest BCUT2D eigenvalue weighted by molar-refractivity contribution is -0.116. The van der Waals surface area contributed by atoms with Crippen LogP contribution in [0.2, 0.25) is 0 Å². The van der Waals surface area contributed by atoms with E-state index in [9.17, 15) is 14.4 Å². The highest BCUT2D eigenvalue weighted by molar-refractivity contribution is 9.10. The van der Waals surface area contributed by atoms with Gasteiger partial charge in [-0.05, 0) is 56.7 Å². The molecule has 0 atom stereocenters. The molecular weight excluding hydrogens is 462 g/mol. The third-order valence-electron chi connectivity index (χ3n) is 3.78. The highest BCUT2D eigenvalue weighted by Gasteiger charge is 2.16. The number of carbonyl (C=O) groups is 3. The Kier molecular flexibility index (Phi) is 8.81. The average molecular weight is 488 g/mol. The molecule has 0 aliphatic carbocycles. The summed E-state index contributed by atoms with van der Waals surface area (Å²) in [4.78, 5) is 36.1. The van der Waals surface area contributed by atoms with Gasteiger partial charge in [-0.1, -0.05) is 40.2 Å². The molecule has 0 aliphatic rings. The SMILES string of the molecule is CC(C)(C)OC(=O)NCCC(=O)Nc1ccccc1NC(=O)/C=C/c1ccc(Br)cc1. The summed E-state index contributed by atoms with van der Waals surface area (Å²) in [7, 11) is 0. The summed E-state index contributed by atoms with van der Waals surface area (Å²) < 4.78 is 6.08. The van der Waals surface area contributed by atoms with Gasteiger partial charge in [-0.3, -0.25) is 9.59 Å². The van der Waals surface area contributed by atoms with E-state index in [2.05, 4.69) is 31.9 Å². The molecule has 8 heteroatoms. The van der Waals surface area contributed by atoms with Gasteiger partial charge in [0.2, 0.25) is 11.8 Å². The van der Waals surface area contributed by atoms with Crippen molar-refractivity contribution in [3.8, 4) is 0 Å². The van der Waals surface area contributed by atoms with Crippen LogP contribution in [0, 0.1) is 0 Å². The highest BCUT2D eigenvalue weighted by Crippen LogP contribution is 2.21. The molecule has 0 saturated carbocycles. The van der Waals surface area contributed by atoms with Crippen LogP contribution in [-0.4, -0.2) is 30.1 Å². The summed E-state index contributed by atoms with van der Waals surface area (Å²) >= 11 is 3.37. The van der Waals surface area contributed by atoms with Gasteiger partial charge in [0.1, 0.15) is 5.60 Å². The quantitative estimate of drug-likeness (QED) is 0.481. The molecule has 0 saturated heterocycles. The Labute approximate surface area is 190 Å². The Morgan fingerprint density at radius 2 is 1.58 bits per heavy atom. The zero-order valence-corrected chi connectivity index (χ0v) is 19.3. The minimum absolute atomic E-state index is 0.0605. The van der Waals surface area contributed by atoms with E-state index >= 15 is 0 Å². The van der Waals surface area contributed by atoms with Crippen LogP contribution in [0.4, 0.5) is 16.2 Å². The summed E-state index contributed by atoms with van der Waals surface area (Å²) in [6.07, 6.45) is 2.61. The van der Waals surface area contributed by atoms with Gasteiger partial charge in [0.25, 0.3) is 0 Å². The molecule has 164 valence electrons. The first-order chi connectivity index (χ1) is 14.6. The minimum atomic E-state index is -0.602. The second-order valence-corrected chi connectivity index (χ2v) is 8.56. The number of anilines is 2. The van der Waals surface area contributed by atoms with E-state index in [1.54, 1.807) is 51.1 Å². The van der Waals surface area contributed by atoms with Gasteiger partial charge >= 0.3 is 6.09 Å². The summed E-state index contributed by atoms with van der Waals surface area (Å²) in [5.41, 5.74) is 1.23. The molecule has 0 radical (unpaired) electrons. The molecule has 2 aromatic carbocycles. The van der Waals surface area contributed by atoms with Crippen LogP contribution < -0.4 is 16.0 Å². The lowest BCUT2D eigenvalue weighted by atomic mass is 10.2. The number of halogens is 1. The molecule has 0 spiro atoms. The maximum Gasteiger partial charge on any atom is 0.407 e. The van der Waals surface area contributed by atoms with E-state index in [-0.39, 0.29) is 24.8 Å². The highest BCUT2D eigenvalue weighted by atomic mass is 79.9. The van der Waals surface area contributed by atoms with Crippen molar-refractivity contribution in [2.24, 2.45) is 0 Å². The Balaban J connectivity index is 1.88. The third kappa shape index (κ3) is 9.48. The number of amides is 3. The minimum Gasteiger partial charge on any atom is -0.444 e. The average Bonchev–Trinajstić information content (AvgIpc) is 2.67. The molecular formula is C23H26BrN3O4. The van der Waals surface area contributed by atoms with Crippen LogP contribution in [0.1, 0.15) is 32.8 Å². The van der Waals surface area contributed by atoms with Gasteiger partial charge in [-0.15, -0.1) is 0 Å². The summed E-state index contributed by atoms with van der Waals surface area (Å²) in [5, 5.41) is 8.04. The molecule has 0 bridgehead atoms. The molecule has 0 aromatic heterocycles. The van der Waals surface area contributed by atoms with Gasteiger partial charge in [0.15, 0.2) is 0 Å². The fraction of sp³-hybridized carbons (Fsp3) is 0.261. The van der Waals surface area contributed by atoms with E-state index in [0.29, 0.717) is 11.4 Å². The number of ether oxygens (including phenoxy) is 1. The van der Waals surface area contributed by atoms with E-state index in [0.717, 1.165) is 10.0 Å². The van der Waals surface area contributed by atoms with E-state index in [1.165, 1.54) is 6.08 Å². The van der Waals surface area contributed by atoms with Gasteiger partial charge in [-0.25, -0.2) is 4.79 Å². The summed E-state index contributed by atoms with van der Waals surface area (Å²) in [6.45, 7) is 5.42. The lowest BCUT2D eigenvalue weighted by Crippen LogP contribution is -2.34. The van der Waals surface area contributed by atoms with Crippen LogP contribution in [0.3, 0.4) is 0 Å². The van der Waals surface area contributed by atoms with Crippen LogP contribution in [0.5, 0.6) is 0 Å². The van der Waals surface area contributed by atoms with Crippen molar-refractivity contribution >= 4 is 51.3 Å². The van der Waals surface area contributed by atoms with Gasteiger partial charge in [-0.2, -0.15) is 0 Å². The van der Waals surface area contributed by atoms with E-state index < -0.39 is 11.7 Å². The number of nitrogens with one attached hydrogen (secondary N) is 3. The Hall–Kier alpha value is -3.13. The molecule has 3 amide bonds. The molecule has 2 aromatic rings. The molecule has 31 heavy (non-hydrogen) atoms. The molecule has 0 aliphatic heterocycles. The van der Waals surface area contributed by atoms with Gasteiger partial charge < -0.3 is 20.7 Å². The number of rotatable bonds is 7. The number of hydrogen-bond donors (Lipinski definition) is 3. The van der Waals surface area contributed by atoms with Crippen molar-refractivity contribution in [1.29, 1.82) is 0 Å². The second kappa shape index (κ2) is 11.3. The zero-order chi connectivity index (χ0) is 22.9. The van der Waals surface area contributed by atoms with E-state index in [4.69, 9.17) is 4.74 Å². The number of para-hydroxylation sites is 2. The smallest absolute Gasteiger partial charge is 0.407 e. The Morgan fingerprint density at radius 1 is 0.968 bits per heavy atom. The van der Waals surface area contributed by atoms with Crippen molar-refractivity contribution in [3.05, 3.63) is 64.6 Å². The number of alkyl carbamates (subject to hydrolysis) is 1. The molecule has 0 unspecified atom stereocenters. The van der Waals surface area contributed by atoms with Crippen LogP contribution in [0.25, 0.3) is 6.08 Å². The largest absolute Gasteiger partial charge is 0.444 e. The molecule has 2 rings (SSSR count). The van der Waals surface area contributed by atoms with Crippen molar-refractivity contribution < 1.29 is 19.1 Å². The van der Waals surface area contributed by atoms with Crippen molar-refractivity contribution in [1.82, 2.24) is 5.32 Å². The fourth-order valence-electron chi connectivity index (χ4n) is 2.43. The third-order valence-corrected chi connectivity index (χ3v) is 4.31. The standard InChI is InChI=1S/C23H26BrN3O4/c1-23(2,3)31-22(30)25-15-14-21(29)27-19-7-5-4-6-18(19)26-20(28)13-10-16-8-11-17(24)12-9-16/h4-13H,14-15H2,1-3H3,(H,25,30)(H,26,28)(H,27,29)/b13-10+. The predicted molar refractivity (Wildman–Crippen MR) is 126 cm³/mol. The Morgan fingerprint density at radius 3 is 2.19 bits per heavy atom. The van der Waals surface area contributed by atoms with Crippen LogP contribution in [-0.2, 0) is 14.3 Å². The van der Waals surface area contributed by atoms with Crippen molar-refractivity contribution in [3.63, 3.8) is 0 Å². The molecule has 0 heterocycles. The lowest BCUT2D eigenvalue weighted by Gasteiger charge is -2.19. The van der Waals surface area contributed by atoms with Gasteiger partial charge in [0.05, 0.1) is 11.4 Å². The topological polar surface area (TPSA) is 96.5 Å². The van der Waals surface area contributed by atoms with Crippen molar-refractivity contribution in [2.75, 3.05) is 17.2 Å². The number of carbonyl (C=O) groups excluding carboxylic acids is 3. The molecule has 3 N–H and O–H groups in total. The molecule has 7 nitrogen and oxygen atoms in total. The first kappa shape index (κ1) is 24.1. The van der Waals surface area contributed by atoms with E-state index in [1.807, 2.05) is 24.3 Å². The normalized spacial score (nSPS) is 11.1. The number of hydrogen-bond acceptors (Lipinski definition) is 4. The van der Waals surface area contributed by atoms with Gasteiger partial charge in [0, 0.05) is 23.5 Å². The monoisotopic (exact) mass is 487 g/mol.